The van der Waals surface area contributed by atoms with E-state index in [1.54, 1.807) is 0 Å². The van der Waals surface area contributed by atoms with E-state index in [4.69, 9.17) is 0 Å². The van der Waals surface area contributed by atoms with Crippen molar-refractivity contribution in [2.75, 3.05) is 25.4 Å². The number of piperidine rings is 1. The molecule has 1 N–H and O–H groups in total. The molecular formula is C17H26N4OS. The van der Waals surface area contributed by atoms with Crippen LogP contribution in [-0.2, 0) is 0 Å². The zero-order chi connectivity index (χ0) is 15.6. The fraction of sp³-hybridized carbons (Fsp3) is 0.765. The Morgan fingerprint density at radius 2 is 2.17 bits per heavy atom. The van der Waals surface area contributed by atoms with Gasteiger partial charge >= 0.3 is 0 Å². The van der Waals surface area contributed by atoms with Crippen molar-refractivity contribution in [2.45, 2.75) is 55.9 Å². The van der Waals surface area contributed by atoms with Crippen molar-refractivity contribution in [2.24, 2.45) is 0 Å². The molecule has 2 aliphatic heterocycles. The maximum absolute atomic E-state index is 13.0. The van der Waals surface area contributed by atoms with Crippen molar-refractivity contribution in [1.29, 1.82) is 0 Å². The molecule has 1 aromatic rings. The lowest BCUT2D eigenvalue weighted by molar-refractivity contribution is 0.0639. The third-order valence-electron chi connectivity index (χ3n) is 5.47. The van der Waals surface area contributed by atoms with Gasteiger partial charge in [0, 0.05) is 36.3 Å². The van der Waals surface area contributed by atoms with E-state index in [0.29, 0.717) is 23.0 Å². The third kappa shape index (κ3) is 3.15. The van der Waals surface area contributed by atoms with Crippen molar-refractivity contribution < 1.29 is 4.79 Å². The van der Waals surface area contributed by atoms with Crippen LogP contribution in [0.1, 0.15) is 55.1 Å². The Labute approximate surface area is 142 Å². The normalized spacial score (nSPS) is 31.7. The Balaban J connectivity index is 1.48. The molecule has 3 atom stereocenters. The second kappa shape index (κ2) is 6.85. The fourth-order valence-electron chi connectivity index (χ4n) is 4.21. The number of nitrogens with zero attached hydrogens (tertiary/aromatic N) is 3. The summed E-state index contributed by atoms with van der Waals surface area (Å²) in [5.41, 5.74) is 0.631. The molecule has 126 valence electrons. The topological polar surface area (TPSA) is 50.2 Å². The number of rotatable bonds is 2. The number of hydrogen-bond donors (Lipinski definition) is 1. The van der Waals surface area contributed by atoms with E-state index in [-0.39, 0.29) is 5.91 Å². The second-order valence-electron chi connectivity index (χ2n) is 6.94. The molecule has 1 saturated carbocycles. The van der Waals surface area contributed by atoms with Gasteiger partial charge < -0.3 is 10.2 Å². The van der Waals surface area contributed by atoms with Gasteiger partial charge in [0.05, 0.1) is 6.04 Å². The van der Waals surface area contributed by atoms with Crippen LogP contribution in [0.5, 0.6) is 0 Å². The number of amides is 1. The average molecular weight is 334 g/mol. The number of fused-ring (bicyclic) bond motifs is 1. The minimum absolute atomic E-state index is 0.143. The summed E-state index contributed by atoms with van der Waals surface area (Å²) in [4.78, 5) is 15.1. The van der Waals surface area contributed by atoms with Gasteiger partial charge in [-0.2, -0.15) is 16.9 Å². The lowest BCUT2D eigenvalue weighted by Crippen LogP contribution is -2.51. The van der Waals surface area contributed by atoms with Crippen LogP contribution in [0.2, 0.25) is 0 Å². The molecule has 0 aromatic carbocycles. The zero-order valence-electron chi connectivity index (χ0n) is 13.6. The van der Waals surface area contributed by atoms with Crippen molar-refractivity contribution in [3.63, 3.8) is 0 Å². The first-order valence-electron chi connectivity index (χ1n) is 9.01. The summed E-state index contributed by atoms with van der Waals surface area (Å²) < 4.78 is 2.00. The number of carbonyl (C=O) groups excluding carboxylic acids is 1. The van der Waals surface area contributed by atoms with E-state index >= 15 is 0 Å². The van der Waals surface area contributed by atoms with Gasteiger partial charge in [-0.1, -0.05) is 12.8 Å². The van der Waals surface area contributed by atoms with E-state index in [0.717, 1.165) is 38.2 Å². The molecule has 0 bridgehead atoms. The molecule has 3 heterocycles. The van der Waals surface area contributed by atoms with Crippen molar-refractivity contribution in [1.82, 2.24) is 20.0 Å². The van der Waals surface area contributed by atoms with E-state index in [1.165, 1.54) is 25.7 Å². The number of aromatic nitrogens is 2. The quantitative estimate of drug-likeness (QED) is 0.902. The van der Waals surface area contributed by atoms with Gasteiger partial charge in [0.2, 0.25) is 0 Å². The molecular weight excluding hydrogens is 308 g/mol. The molecule has 0 spiro atoms. The summed E-state index contributed by atoms with van der Waals surface area (Å²) >= 11 is 2.06. The summed E-state index contributed by atoms with van der Waals surface area (Å²) in [5.74, 6) is 1.21. The summed E-state index contributed by atoms with van der Waals surface area (Å²) in [6.07, 6.45) is 9.32. The molecule has 0 radical (unpaired) electrons. The van der Waals surface area contributed by atoms with Gasteiger partial charge in [0.25, 0.3) is 5.91 Å². The number of hydrogen-bond acceptors (Lipinski definition) is 4. The number of thioether (sulfide) groups is 1. The summed E-state index contributed by atoms with van der Waals surface area (Å²) in [5, 5.41) is 8.68. The van der Waals surface area contributed by atoms with Crippen molar-refractivity contribution in [3.05, 3.63) is 18.0 Å². The first kappa shape index (κ1) is 15.5. The van der Waals surface area contributed by atoms with Gasteiger partial charge in [-0.05, 0) is 38.3 Å². The lowest BCUT2D eigenvalue weighted by atomic mass is 9.93. The molecule has 4 rings (SSSR count). The molecule has 23 heavy (non-hydrogen) atoms. The minimum Gasteiger partial charge on any atom is -0.332 e. The highest BCUT2D eigenvalue weighted by atomic mass is 32.2. The fourth-order valence-corrected chi connectivity index (χ4v) is 5.65. The minimum atomic E-state index is 0.143. The molecule has 3 aliphatic rings. The molecule has 6 heteroatoms. The van der Waals surface area contributed by atoms with Gasteiger partial charge in [0.1, 0.15) is 5.69 Å². The zero-order valence-corrected chi connectivity index (χ0v) is 14.4. The predicted molar refractivity (Wildman–Crippen MR) is 92.9 cm³/mol. The van der Waals surface area contributed by atoms with Crippen LogP contribution in [0.3, 0.4) is 0 Å². The van der Waals surface area contributed by atoms with E-state index in [2.05, 4.69) is 27.1 Å². The van der Waals surface area contributed by atoms with E-state index in [1.807, 2.05) is 16.9 Å². The van der Waals surface area contributed by atoms with Crippen LogP contribution < -0.4 is 5.32 Å². The monoisotopic (exact) mass is 334 g/mol. The first-order chi connectivity index (χ1) is 11.3. The maximum atomic E-state index is 13.0. The lowest BCUT2D eigenvalue weighted by Gasteiger charge is -2.43. The molecule has 1 amide bonds. The Hall–Kier alpha value is -1.01. The largest absolute Gasteiger partial charge is 0.332 e. The molecule has 3 fully saturated rings. The van der Waals surface area contributed by atoms with Crippen LogP contribution in [0.4, 0.5) is 0 Å². The third-order valence-corrected chi connectivity index (χ3v) is 6.86. The predicted octanol–water partition coefficient (Wildman–Crippen LogP) is 2.31. The first-order valence-corrected chi connectivity index (χ1v) is 10.1. The molecule has 1 aromatic heterocycles. The van der Waals surface area contributed by atoms with Gasteiger partial charge in [-0.15, -0.1) is 0 Å². The van der Waals surface area contributed by atoms with Crippen LogP contribution in [0, 0.1) is 0 Å². The molecule has 2 saturated heterocycles. The van der Waals surface area contributed by atoms with E-state index < -0.39 is 0 Å². The second-order valence-corrected chi connectivity index (χ2v) is 8.29. The Kier molecular flexibility index (Phi) is 4.62. The highest BCUT2D eigenvalue weighted by Gasteiger charge is 2.37. The molecule has 3 unspecified atom stereocenters. The highest BCUT2D eigenvalue weighted by molar-refractivity contribution is 8.00. The van der Waals surface area contributed by atoms with Gasteiger partial charge in [0.15, 0.2) is 0 Å². The van der Waals surface area contributed by atoms with Gasteiger partial charge in [-0.3, -0.25) is 9.48 Å². The summed E-state index contributed by atoms with van der Waals surface area (Å²) in [6, 6.07) is 2.73. The smallest absolute Gasteiger partial charge is 0.274 e. The highest BCUT2D eigenvalue weighted by Crippen LogP contribution is 2.36. The summed E-state index contributed by atoms with van der Waals surface area (Å²) in [7, 11) is 0. The Morgan fingerprint density at radius 3 is 3.04 bits per heavy atom. The maximum Gasteiger partial charge on any atom is 0.274 e. The molecule has 5 nitrogen and oxygen atoms in total. The van der Waals surface area contributed by atoms with Crippen molar-refractivity contribution >= 4 is 17.7 Å². The van der Waals surface area contributed by atoms with E-state index in [9.17, 15) is 4.79 Å². The standard InChI is InChI=1S/C17H26N4OS/c22-17(20-10-11-23-16-6-2-1-5-15(16)20)14-7-9-21(19-14)13-4-3-8-18-12-13/h7,9,13,15-16,18H,1-6,8,10-12H2. The van der Waals surface area contributed by atoms with Crippen LogP contribution in [0.15, 0.2) is 12.3 Å². The average Bonchev–Trinajstić information content (AvgIpc) is 3.11. The van der Waals surface area contributed by atoms with Crippen molar-refractivity contribution in [3.8, 4) is 0 Å². The SMILES string of the molecule is O=C(c1ccn(C2CCCNC2)n1)N1CCSC2CCCCC21. The number of carbonyl (C=O) groups is 1. The van der Waals surface area contributed by atoms with Crippen LogP contribution in [-0.4, -0.2) is 57.3 Å². The summed E-state index contributed by atoms with van der Waals surface area (Å²) in [6.45, 7) is 2.93. The Bertz CT molecular complexity index is 553. The Morgan fingerprint density at radius 1 is 1.26 bits per heavy atom. The number of nitrogens with one attached hydrogen (secondary N) is 1. The van der Waals surface area contributed by atoms with Crippen LogP contribution in [0.25, 0.3) is 0 Å². The van der Waals surface area contributed by atoms with Gasteiger partial charge in [-0.25, -0.2) is 0 Å². The van der Waals surface area contributed by atoms with Crippen LogP contribution >= 0.6 is 11.8 Å². The molecule has 1 aliphatic carbocycles.